The Morgan fingerprint density at radius 3 is 2.55 bits per heavy atom. The number of nitrogens with zero attached hydrogens (tertiary/aromatic N) is 2. The van der Waals surface area contributed by atoms with Crippen molar-refractivity contribution in [3.05, 3.63) is 29.0 Å². The van der Waals surface area contributed by atoms with Crippen molar-refractivity contribution in [2.45, 2.75) is 26.3 Å². The molecule has 0 aromatic carbocycles. The van der Waals surface area contributed by atoms with Crippen molar-refractivity contribution >= 4 is 23.4 Å². The number of likely N-dealkylation sites (N-methyl/N-ethyl adjacent to an activating group) is 1. The van der Waals surface area contributed by atoms with Crippen molar-refractivity contribution in [3.8, 4) is 0 Å². The van der Waals surface area contributed by atoms with Gasteiger partial charge in [-0.05, 0) is 18.4 Å². The lowest BCUT2D eigenvalue weighted by molar-refractivity contribution is -0.131. The Morgan fingerprint density at radius 2 is 2.05 bits per heavy atom. The summed E-state index contributed by atoms with van der Waals surface area (Å²) < 4.78 is 0. The van der Waals surface area contributed by atoms with Crippen LogP contribution in [0, 0.1) is 5.92 Å². The predicted molar refractivity (Wildman–Crippen MR) is 78.7 cm³/mol. The highest BCUT2D eigenvalue weighted by molar-refractivity contribution is 6.33. The lowest BCUT2D eigenvalue weighted by Gasteiger charge is -2.23. The maximum absolute atomic E-state index is 12.2. The number of amides is 2. The highest BCUT2D eigenvalue weighted by atomic mass is 35.5. The van der Waals surface area contributed by atoms with E-state index in [9.17, 15) is 9.59 Å². The minimum atomic E-state index is -0.554. The van der Waals surface area contributed by atoms with Gasteiger partial charge in [0.2, 0.25) is 5.91 Å². The first-order valence-electron chi connectivity index (χ1n) is 6.44. The first-order chi connectivity index (χ1) is 9.32. The molecular weight excluding hydrogens is 278 g/mol. The Bertz CT molecular complexity index is 489. The summed E-state index contributed by atoms with van der Waals surface area (Å²) in [5, 5.41) is 3.01. The second-order valence-electron chi connectivity index (χ2n) is 5.24. The molecule has 110 valence electrons. The van der Waals surface area contributed by atoms with Gasteiger partial charge in [0.05, 0.1) is 10.6 Å². The molecule has 0 saturated carbocycles. The smallest absolute Gasteiger partial charge is 0.253 e. The van der Waals surface area contributed by atoms with E-state index in [-0.39, 0.29) is 22.8 Å². The Morgan fingerprint density at radius 1 is 1.40 bits per heavy atom. The van der Waals surface area contributed by atoms with E-state index in [1.54, 1.807) is 14.1 Å². The zero-order valence-electron chi connectivity index (χ0n) is 12.2. The average molecular weight is 298 g/mol. The average Bonchev–Trinajstić information content (AvgIpc) is 2.36. The molecule has 0 bridgehead atoms. The van der Waals surface area contributed by atoms with Crippen LogP contribution in [0.4, 0.5) is 0 Å². The summed E-state index contributed by atoms with van der Waals surface area (Å²) in [5.74, 6) is -0.201. The molecule has 2 amide bonds. The van der Waals surface area contributed by atoms with Crippen molar-refractivity contribution < 1.29 is 9.59 Å². The van der Waals surface area contributed by atoms with E-state index >= 15 is 0 Å². The van der Waals surface area contributed by atoms with Crippen LogP contribution in [0.25, 0.3) is 0 Å². The summed E-state index contributed by atoms with van der Waals surface area (Å²) in [6.45, 7) is 4.00. The SMILES string of the molecule is CC(C)CC(NC(=O)c1ccncc1Cl)C(=O)N(C)C. The van der Waals surface area contributed by atoms with Crippen LogP contribution in [0.1, 0.15) is 30.6 Å². The van der Waals surface area contributed by atoms with E-state index in [0.29, 0.717) is 12.0 Å². The van der Waals surface area contributed by atoms with Gasteiger partial charge in [-0.3, -0.25) is 14.6 Å². The fraction of sp³-hybridized carbons (Fsp3) is 0.500. The summed E-state index contributed by atoms with van der Waals surface area (Å²) in [7, 11) is 3.34. The molecule has 0 aliphatic rings. The Hall–Kier alpha value is -1.62. The van der Waals surface area contributed by atoms with Gasteiger partial charge < -0.3 is 10.2 Å². The van der Waals surface area contributed by atoms with Crippen molar-refractivity contribution in [3.63, 3.8) is 0 Å². The first-order valence-corrected chi connectivity index (χ1v) is 6.82. The van der Waals surface area contributed by atoms with Crippen LogP contribution < -0.4 is 5.32 Å². The first kappa shape index (κ1) is 16.4. The van der Waals surface area contributed by atoms with E-state index in [0.717, 1.165) is 0 Å². The third-order valence-electron chi connectivity index (χ3n) is 2.77. The Balaban J connectivity index is 2.87. The topological polar surface area (TPSA) is 62.3 Å². The fourth-order valence-corrected chi connectivity index (χ4v) is 2.01. The third kappa shape index (κ3) is 4.49. The fourth-order valence-electron chi connectivity index (χ4n) is 1.80. The summed E-state index contributed by atoms with van der Waals surface area (Å²) >= 11 is 5.93. The molecular formula is C14H20ClN3O2. The van der Waals surface area contributed by atoms with Crippen LogP contribution in [0.3, 0.4) is 0 Å². The molecule has 1 N–H and O–H groups in total. The molecule has 1 aromatic rings. The molecule has 1 heterocycles. The molecule has 0 aliphatic heterocycles. The van der Waals surface area contributed by atoms with Gasteiger partial charge in [-0.25, -0.2) is 0 Å². The molecule has 0 fully saturated rings. The minimum Gasteiger partial charge on any atom is -0.347 e. The van der Waals surface area contributed by atoms with Crippen molar-refractivity contribution in [2.24, 2.45) is 5.92 Å². The maximum atomic E-state index is 12.2. The number of halogens is 1. The van der Waals surface area contributed by atoms with Gasteiger partial charge >= 0.3 is 0 Å². The largest absolute Gasteiger partial charge is 0.347 e. The Kier molecular flexibility index (Phi) is 5.95. The van der Waals surface area contributed by atoms with Gasteiger partial charge in [-0.2, -0.15) is 0 Å². The van der Waals surface area contributed by atoms with Gasteiger partial charge in [0.1, 0.15) is 6.04 Å². The lowest BCUT2D eigenvalue weighted by Crippen LogP contribution is -2.47. The van der Waals surface area contributed by atoms with E-state index in [4.69, 9.17) is 11.6 Å². The molecule has 1 rings (SSSR count). The van der Waals surface area contributed by atoms with Gasteiger partial charge in [0.25, 0.3) is 5.91 Å². The highest BCUT2D eigenvalue weighted by Crippen LogP contribution is 2.14. The number of hydrogen-bond acceptors (Lipinski definition) is 3. The van der Waals surface area contributed by atoms with Crippen LogP contribution in [0.2, 0.25) is 5.02 Å². The molecule has 0 aliphatic carbocycles. The predicted octanol–water partition coefficient (Wildman–Crippen LogP) is 1.97. The van der Waals surface area contributed by atoms with Gasteiger partial charge in [0, 0.05) is 26.5 Å². The number of carbonyl (C=O) groups excluding carboxylic acids is 2. The summed E-state index contributed by atoms with van der Waals surface area (Å²) in [4.78, 5) is 29.6. The van der Waals surface area contributed by atoms with Gasteiger partial charge in [0.15, 0.2) is 0 Å². The van der Waals surface area contributed by atoms with Crippen LogP contribution in [0.5, 0.6) is 0 Å². The van der Waals surface area contributed by atoms with Gasteiger partial charge in [-0.1, -0.05) is 25.4 Å². The van der Waals surface area contributed by atoms with Gasteiger partial charge in [-0.15, -0.1) is 0 Å². The monoisotopic (exact) mass is 297 g/mol. The Labute approximate surface area is 124 Å². The maximum Gasteiger partial charge on any atom is 0.253 e. The molecule has 1 unspecified atom stereocenters. The summed E-state index contributed by atoms with van der Waals surface area (Å²) in [5.41, 5.74) is 0.321. The number of rotatable bonds is 5. The number of hydrogen-bond donors (Lipinski definition) is 1. The lowest BCUT2D eigenvalue weighted by atomic mass is 10.0. The molecule has 5 nitrogen and oxygen atoms in total. The molecule has 1 aromatic heterocycles. The molecule has 6 heteroatoms. The standard InChI is InChI=1S/C14H20ClN3O2/c1-9(2)7-12(14(20)18(3)4)17-13(19)10-5-6-16-8-11(10)15/h5-6,8-9,12H,7H2,1-4H3,(H,17,19). The van der Waals surface area contributed by atoms with E-state index in [1.165, 1.54) is 23.4 Å². The number of pyridine rings is 1. The van der Waals surface area contributed by atoms with Crippen LogP contribution in [0.15, 0.2) is 18.5 Å². The second-order valence-corrected chi connectivity index (χ2v) is 5.65. The van der Waals surface area contributed by atoms with Crippen molar-refractivity contribution in [1.82, 2.24) is 15.2 Å². The van der Waals surface area contributed by atoms with Crippen LogP contribution >= 0.6 is 11.6 Å². The zero-order valence-corrected chi connectivity index (χ0v) is 12.9. The highest BCUT2D eigenvalue weighted by Gasteiger charge is 2.24. The molecule has 0 saturated heterocycles. The molecule has 20 heavy (non-hydrogen) atoms. The third-order valence-corrected chi connectivity index (χ3v) is 3.07. The van der Waals surface area contributed by atoms with Crippen molar-refractivity contribution in [2.75, 3.05) is 14.1 Å². The van der Waals surface area contributed by atoms with Crippen molar-refractivity contribution in [1.29, 1.82) is 0 Å². The van der Waals surface area contributed by atoms with E-state index in [1.807, 2.05) is 13.8 Å². The van der Waals surface area contributed by atoms with E-state index in [2.05, 4.69) is 10.3 Å². The quantitative estimate of drug-likeness (QED) is 0.904. The number of aromatic nitrogens is 1. The normalized spacial score (nSPS) is 12.1. The minimum absolute atomic E-state index is 0.128. The molecule has 0 spiro atoms. The second kappa shape index (κ2) is 7.24. The zero-order chi connectivity index (χ0) is 15.3. The molecule has 0 radical (unpaired) electrons. The van der Waals surface area contributed by atoms with Crippen LogP contribution in [-0.2, 0) is 4.79 Å². The summed E-state index contributed by atoms with van der Waals surface area (Å²) in [6, 6.07) is 0.978. The number of carbonyl (C=O) groups is 2. The number of nitrogens with one attached hydrogen (secondary N) is 1. The summed E-state index contributed by atoms with van der Waals surface area (Å²) in [6.07, 6.45) is 3.47. The van der Waals surface area contributed by atoms with E-state index < -0.39 is 6.04 Å². The van der Waals surface area contributed by atoms with Crippen LogP contribution in [-0.4, -0.2) is 41.8 Å². The molecule has 1 atom stereocenters.